The van der Waals surface area contributed by atoms with Gasteiger partial charge in [0, 0.05) is 33.2 Å². The van der Waals surface area contributed by atoms with E-state index < -0.39 is 0 Å². The second-order valence-corrected chi connectivity index (χ2v) is 14.4. The first kappa shape index (κ1) is 32.7. The SMILES string of the molecule is c1ccc(-c2nc(-c3cccc(-n4c5ccccc5c5ccccc54)c3)nc(-c3ccc(-c4cccc5cccc(-c6ccccc6)c45)c4ccccc34)n2)cc1. The van der Waals surface area contributed by atoms with E-state index in [4.69, 9.17) is 15.0 Å². The van der Waals surface area contributed by atoms with Crippen LogP contribution in [0.4, 0.5) is 0 Å². The summed E-state index contributed by atoms with van der Waals surface area (Å²) in [7, 11) is 0. The number of fused-ring (bicyclic) bond motifs is 5. The summed E-state index contributed by atoms with van der Waals surface area (Å²) < 4.78 is 2.33. The predicted octanol–water partition coefficient (Wildman–Crippen LogP) is 13.6. The number of hydrogen-bond donors (Lipinski definition) is 0. The molecule has 0 aliphatic carbocycles. The molecule has 4 heteroatoms. The lowest BCUT2D eigenvalue weighted by molar-refractivity contribution is 1.07. The summed E-state index contributed by atoms with van der Waals surface area (Å²) in [5, 5.41) is 7.12. The zero-order valence-electron chi connectivity index (χ0n) is 30.9. The van der Waals surface area contributed by atoms with E-state index in [0.29, 0.717) is 17.5 Å². The molecule has 4 nitrogen and oxygen atoms in total. The Morgan fingerprint density at radius 3 is 1.47 bits per heavy atom. The van der Waals surface area contributed by atoms with Crippen molar-refractivity contribution in [3.05, 3.63) is 206 Å². The molecule has 0 amide bonds. The summed E-state index contributed by atoms with van der Waals surface area (Å²) in [6.07, 6.45) is 0. The molecule has 11 aromatic rings. The lowest BCUT2D eigenvalue weighted by Crippen LogP contribution is -2.01. The molecule has 0 N–H and O–H groups in total. The van der Waals surface area contributed by atoms with Crippen LogP contribution in [-0.4, -0.2) is 19.5 Å². The Morgan fingerprint density at radius 2 is 0.789 bits per heavy atom. The minimum Gasteiger partial charge on any atom is -0.309 e. The summed E-state index contributed by atoms with van der Waals surface area (Å²) >= 11 is 0. The first-order chi connectivity index (χ1) is 28.3. The van der Waals surface area contributed by atoms with Gasteiger partial charge in [-0.3, -0.25) is 0 Å². The van der Waals surface area contributed by atoms with Crippen LogP contribution in [0.2, 0.25) is 0 Å². The van der Waals surface area contributed by atoms with Gasteiger partial charge >= 0.3 is 0 Å². The van der Waals surface area contributed by atoms with Crippen molar-refractivity contribution in [1.82, 2.24) is 19.5 Å². The van der Waals surface area contributed by atoms with Crippen molar-refractivity contribution in [2.45, 2.75) is 0 Å². The molecule has 11 rings (SSSR count). The Bertz CT molecular complexity index is 3230. The van der Waals surface area contributed by atoms with E-state index >= 15 is 0 Å². The maximum absolute atomic E-state index is 5.27. The van der Waals surface area contributed by atoms with Crippen molar-refractivity contribution < 1.29 is 0 Å². The minimum absolute atomic E-state index is 0.621. The number of para-hydroxylation sites is 2. The molecular formula is C53H34N4. The first-order valence-corrected chi connectivity index (χ1v) is 19.3. The Balaban J connectivity index is 1.11. The topological polar surface area (TPSA) is 43.6 Å². The van der Waals surface area contributed by atoms with E-state index in [0.717, 1.165) is 44.2 Å². The van der Waals surface area contributed by atoms with Crippen LogP contribution in [-0.2, 0) is 0 Å². The molecule has 0 radical (unpaired) electrons. The van der Waals surface area contributed by atoms with Crippen LogP contribution in [0.3, 0.4) is 0 Å². The fraction of sp³-hybridized carbons (Fsp3) is 0. The third-order valence-corrected chi connectivity index (χ3v) is 11.1. The number of nitrogens with zero attached hydrogens (tertiary/aromatic N) is 4. The molecule has 0 bridgehead atoms. The summed E-state index contributed by atoms with van der Waals surface area (Å²) in [5.74, 6) is 1.88. The molecule has 2 heterocycles. The largest absolute Gasteiger partial charge is 0.309 e. The molecular weight excluding hydrogens is 693 g/mol. The predicted molar refractivity (Wildman–Crippen MR) is 236 cm³/mol. The smallest absolute Gasteiger partial charge is 0.164 e. The molecule has 9 aromatic carbocycles. The summed E-state index contributed by atoms with van der Waals surface area (Å²) in [5.41, 5.74) is 10.9. The van der Waals surface area contributed by atoms with Gasteiger partial charge in [0.05, 0.1) is 11.0 Å². The van der Waals surface area contributed by atoms with E-state index in [1.165, 1.54) is 43.8 Å². The van der Waals surface area contributed by atoms with Crippen LogP contribution in [0.5, 0.6) is 0 Å². The van der Waals surface area contributed by atoms with E-state index in [2.05, 4.69) is 193 Å². The molecule has 266 valence electrons. The second-order valence-electron chi connectivity index (χ2n) is 14.4. The van der Waals surface area contributed by atoms with Gasteiger partial charge in [0.2, 0.25) is 0 Å². The molecule has 0 aliphatic rings. The molecule has 0 aliphatic heterocycles. The average molecular weight is 727 g/mol. The van der Waals surface area contributed by atoms with Crippen LogP contribution in [0.1, 0.15) is 0 Å². The van der Waals surface area contributed by atoms with Crippen molar-refractivity contribution in [3.8, 4) is 62.1 Å². The molecule has 2 aromatic heterocycles. The lowest BCUT2D eigenvalue weighted by Gasteiger charge is -2.16. The molecule has 0 saturated carbocycles. The monoisotopic (exact) mass is 726 g/mol. The standard InChI is InChI=1S/C53H34N4/c1-3-16-35(17-4-1)40-28-14-20-36-21-15-29-46(50(36)40)43-32-33-47(42-25-8-7-24-41(42)43)53-55-51(37-18-5-2-6-19-37)54-52(56-53)38-22-13-23-39(34-38)57-48-30-11-9-26-44(48)45-27-10-12-31-49(45)57/h1-34H. The average Bonchev–Trinajstić information content (AvgIpc) is 3.63. The normalized spacial score (nSPS) is 11.5. The second kappa shape index (κ2) is 13.6. The number of benzene rings is 9. The Morgan fingerprint density at radius 1 is 0.298 bits per heavy atom. The fourth-order valence-corrected chi connectivity index (χ4v) is 8.48. The minimum atomic E-state index is 0.621. The highest BCUT2D eigenvalue weighted by molar-refractivity contribution is 6.13. The van der Waals surface area contributed by atoms with Crippen LogP contribution in [0, 0.1) is 0 Å². The van der Waals surface area contributed by atoms with Crippen LogP contribution in [0.15, 0.2) is 206 Å². The molecule has 0 saturated heterocycles. The van der Waals surface area contributed by atoms with Crippen LogP contribution < -0.4 is 0 Å². The van der Waals surface area contributed by atoms with Gasteiger partial charge in [-0.05, 0) is 74.1 Å². The molecule has 0 atom stereocenters. The Hall–Kier alpha value is -7.69. The molecule has 0 fully saturated rings. The van der Waals surface area contributed by atoms with E-state index in [1.807, 2.05) is 18.2 Å². The van der Waals surface area contributed by atoms with Gasteiger partial charge < -0.3 is 4.57 Å². The zero-order valence-corrected chi connectivity index (χ0v) is 30.9. The van der Waals surface area contributed by atoms with Crippen molar-refractivity contribution in [3.63, 3.8) is 0 Å². The Labute approximate surface area is 330 Å². The molecule has 0 spiro atoms. The number of hydrogen-bond acceptors (Lipinski definition) is 3. The highest BCUT2D eigenvalue weighted by Crippen LogP contribution is 2.42. The quantitative estimate of drug-likeness (QED) is 0.171. The van der Waals surface area contributed by atoms with Crippen molar-refractivity contribution >= 4 is 43.4 Å². The first-order valence-electron chi connectivity index (χ1n) is 19.3. The summed E-state index contributed by atoms with van der Waals surface area (Å²) in [6.45, 7) is 0. The van der Waals surface area contributed by atoms with Crippen molar-refractivity contribution in [1.29, 1.82) is 0 Å². The molecule has 0 unspecified atom stereocenters. The van der Waals surface area contributed by atoms with Crippen molar-refractivity contribution in [2.24, 2.45) is 0 Å². The third-order valence-electron chi connectivity index (χ3n) is 11.1. The van der Waals surface area contributed by atoms with Gasteiger partial charge in [-0.2, -0.15) is 0 Å². The van der Waals surface area contributed by atoms with E-state index in [9.17, 15) is 0 Å². The van der Waals surface area contributed by atoms with Gasteiger partial charge in [-0.15, -0.1) is 0 Å². The van der Waals surface area contributed by atoms with Gasteiger partial charge in [-0.1, -0.05) is 176 Å². The number of rotatable bonds is 6. The van der Waals surface area contributed by atoms with Crippen LogP contribution >= 0.6 is 0 Å². The lowest BCUT2D eigenvalue weighted by atomic mass is 9.88. The van der Waals surface area contributed by atoms with Gasteiger partial charge in [0.25, 0.3) is 0 Å². The summed E-state index contributed by atoms with van der Waals surface area (Å²) in [4.78, 5) is 15.6. The number of aromatic nitrogens is 4. The maximum Gasteiger partial charge on any atom is 0.164 e. The van der Waals surface area contributed by atoms with E-state index in [-0.39, 0.29) is 0 Å². The van der Waals surface area contributed by atoms with Gasteiger partial charge in [0.1, 0.15) is 0 Å². The van der Waals surface area contributed by atoms with E-state index in [1.54, 1.807) is 0 Å². The van der Waals surface area contributed by atoms with Crippen molar-refractivity contribution in [2.75, 3.05) is 0 Å². The molecule has 57 heavy (non-hydrogen) atoms. The fourth-order valence-electron chi connectivity index (χ4n) is 8.48. The summed E-state index contributed by atoms with van der Waals surface area (Å²) in [6, 6.07) is 72.8. The third kappa shape index (κ3) is 5.58. The highest BCUT2D eigenvalue weighted by Gasteiger charge is 2.19. The van der Waals surface area contributed by atoms with Crippen LogP contribution in [0.25, 0.3) is 105 Å². The zero-order chi connectivity index (χ0) is 37.7. The van der Waals surface area contributed by atoms with Gasteiger partial charge in [0.15, 0.2) is 17.5 Å². The highest BCUT2D eigenvalue weighted by atomic mass is 15.0. The Kier molecular flexibility index (Phi) is 7.78. The maximum atomic E-state index is 5.27. The van der Waals surface area contributed by atoms with Gasteiger partial charge in [-0.25, -0.2) is 15.0 Å².